The number of nitrogens with one attached hydrogen (secondary N) is 1. The standard InChI is InChI=1S/C16H14ClNO2/c1-11-13(8-5-9-14(11)17)16(20)18-10-15(19)12-6-3-2-4-7-12/h2-9H,10H2,1H3,(H,18,20). The van der Waals surface area contributed by atoms with Gasteiger partial charge in [-0.15, -0.1) is 0 Å². The lowest BCUT2D eigenvalue weighted by atomic mass is 10.1. The molecule has 1 amide bonds. The number of halogens is 1. The van der Waals surface area contributed by atoms with Crippen molar-refractivity contribution in [3.05, 3.63) is 70.2 Å². The molecule has 0 saturated heterocycles. The molecule has 3 nitrogen and oxygen atoms in total. The molecule has 0 bridgehead atoms. The number of carbonyl (C=O) groups is 2. The van der Waals surface area contributed by atoms with E-state index in [9.17, 15) is 9.59 Å². The van der Waals surface area contributed by atoms with Crippen molar-refractivity contribution in [3.63, 3.8) is 0 Å². The van der Waals surface area contributed by atoms with E-state index in [2.05, 4.69) is 5.32 Å². The van der Waals surface area contributed by atoms with E-state index in [0.717, 1.165) is 0 Å². The molecule has 0 atom stereocenters. The van der Waals surface area contributed by atoms with Gasteiger partial charge in [-0.3, -0.25) is 9.59 Å². The number of benzene rings is 2. The smallest absolute Gasteiger partial charge is 0.251 e. The van der Waals surface area contributed by atoms with Gasteiger partial charge in [0, 0.05) is 16.1 Å². The highest BCUT2D eigenvalue weighted by molar-refractivity contribution is 6.31. The molecule has 0 heterocycles. The second-order valence-corrected chi connectivity index (χ2v) is 4.79. The van der Waals surface area contributed by atoms with E-state index in [1.165, 1.54) is 0 Å². The Morgan fingerprint density at radius 2 is 1.75 bits per heavy atom. The minimum atomic E-state index is -0.297. The van der Waals surface area contributed by atoms with Crippen molar-refractivity contribution >= 4 is 23.3 Å². The van der Waals surface area contributed by atoms with E-state index in [4.69, 9.17) is 11.6 Å². The summed E-state index contributed by atoms with van der Waals surface area (Å²) >= 11 is 5.97. The molecule has 0 fully saturated rings. The molecule has 20 heavy (non-hydrogen) atoms. The van der Waals surface area contributed by atoms with E-state index in [1.807, 2.05) is 6.07 Å². The van der Waals surface area contributed by atoms with Gasteiger partial charge in [0.25, 0.3) is 5.91 Å². The second-order valence-electron chi connectivity index (χ2n) is 4.38. The van der Waals surface area contributed by atoms with Gasteiger partial charge < -0.3 is 5.32 Å². The largest absolute Gasteiger partial charge is 0.345 e. The average Bonchev–Trinajstić information content (AvgIpc) is 2.48. The van der Waals surface area contributed by atoms with Crippen molar-refractivity contribution in [2.45, 2.75) is 6.92 Å². The summed E-state index contributed by atoms with van der Waals surface area (Å²) < 4.78 is 0. The third-order valence-electron chi connectivity index (χ3n) is 3.02. The normalized spacial score (nSPS) is 10.1. The van der Waals surface area contributed by atoms with E-state index in [-0.39, 0.29) is 18.2 Å². The predicted molar refractivity (Wildman–Crippen MR) is 79.3 cm³/mol. The Kier molecular flexibility index (Phi) is 4.53. The van der Waals surface area contributed by atoms with Gasteiger partial charge in [0.2, 0.25) is 0 Å². The first kappa shape index (κ1) is 14.3. The fourth-order valence-electron chi connectivity index (χ4n) is 1.84. The summed E-state index contributed by atoms with van der Waals surface area (Å²) in [7, 11) is 0. The number of hydrogen-bond acceptors (Lipinski definition) is 2. The van der Waals surface area contributed by atoms with Crippen LogP contribution in [0.1, 0.15) is 26.3 Å². The van der Waals surface area contributed by atoms with E-state index in [1.54, 1.807) is 49.4 Å². The van der Waals surface area contributed by atoms with Crippen LogP contribution in [-0.4, -0.2) is 18.2 Å². The van der Waals surface area contributed by atoms with Crippen molar-refractivity contribution < 1.29 is 9.59 Å². The molecule has 0 saturated carbocycles. The molecular formula is C16H14ClNO2. The molecule has 2 aromatic rings. The van der Waals surface area contributed by atoms with Gasteiger partial charge >= 0.3 is 0 Å². The molecular weight excluding hydrogens is 274 g/mol. The van der Waals surface area contributed by atoms with Crippen LogP contribution in [0.4, 0.5) is 0 Å². The molecule has 0 unspecified atom stereocenters. The fourth-order valence-corrected chi connectivity index (χ4v) is 2.01. The predicted octanol–water partition coefficient (Wildman–Crippen LogP) is 3.26. The monoisotopic (exact) mass is 287 g/mol. The Bertz CT molecular complexity index is 638. The minimum absolute atomic E-state index is 0.0329. The van der Waals surface area contributed by atoms with Crippen LogP contribution in [0.2, 0.25) is 5.02 Å². The van der Waals surface area contributed by atoms with Crippen LogP contribution in [0.25, 0.3) is 0 Å². The lowest BCUT2D eigenvalue weighted by Crippen LogP contribution is -2.30. The Hall–Kier alpha value is -2.13. The summed E-state index contributed by atoms with van der Waals surface area (Å²) in [5.74, 6) is -0.423. The van der Waals surface area contributed by atoms with Gasteiger partial charge in [-0.2, -0.15) is 0 Å². The number of ketones is 1. The first-order valence-corrected chi connectivity index (χ1v) is 6.59. The van der Waals surface area contributed by atoms with Gasteiger partial charge in [0.05, 0.1) is 6.54 Å². The van der Waals surface area contributed by atoms with Gasteiger partial charge in [-0.05, 0) is 24.6 Å². The Labute approximate surface area is 122 Å². The molecule has 0 aliphatic heterocycles. The van der Waals surface area contributed by atoms with Crippen LogP contribution in [-0.2, 0) is 0 Å². The zero-order chi connectivity index (χ0) is 14.5. The summed E-state index contributed by atoms with van der Waals surface area (Å²) in [5.41, 5.74) is 1.77. The molecule has 0 spiro atoms. The number of carbonyl (C=O) groups excluding carboxylic acids is 2. The maximum atomic E-state index is 12.0. The van der Waals surface area contributed by atoms with Crippen LogP contribution in [0.3, 0.4) is 0 Å². The maximum absolute atomic E-state index is 12.0. The maximum Gasteiger partial charge on any atom is 0.251 e. The zero-order valence-corrected chi connectivity index (χ0v) is 11.8. The first-order valence-electron chi connectivity index (χ1n) is 6.21. The average molecular weight is 288 g/mol. The van der Waals surface area contributed by atoms with Crippen molar-refractivity contribution in [2.24, 2.45) is 0 Å². The summed E-state index contributed by atoms with van der Waals surface area (Å²) in [5, 5.41) is 3.15. The van der Waals surface area contributed by atoms with Gasteiger partial charge in [-0.25, -0.2) is 0 Å². The van der Waals surface area contributed by atoms with Crippen molar-refractivity contribution in [2.75, 3.05) is 6.54 Å². The first-order chi connectivity index (χ1) is 9.59. The lowest BCUT2D eigenvalue weighted by molar-refractivity contribution is 0.0903. The molecule has 2 rings (SSSR count). The number of rotatable bonds is 4. The van der Waals surface area contributed by atoms with Crippen LogP contribution in [0, 0.1) is 6.92 Å². The fraction of sp³-hybridized carbons (Fsp3) is 0.125. The van der Waals surface area contributed by atoms with Crippen LogP contribution in [0.15, 0.2) is 48.5 Å². The highest BCUT2D eigenvalue weighted by Crippen LogP contribution is 2.18. The summed E-state index contributed by atoms with van der Waals surface area (Å²) in [6, 6.07) is 14.0. The lowest BCUT2D eigenvalue weighted by Gasteiger charge is -2.08. The molecule has 0 aliphatic rings. The van der Waals surface area contributed by atoms with Gasteiger partial charge in [0.1, 0.15) is 0 Å². The van der Waals surface area contributed by atoms with Crippen LogP contribution >= 0.6 is 11.6 Å². The number of hydrogen-bond donors (Lipinski definition) is 1. The van der Waals surface area contributed by atoms with Crippen molar-refractivity contribution in [1.29, 1.82) is 0 Å². The molecule has 0 aromatic heterocycles. The van der Waals surface area contributed by atoms with Gasteiger partial charge in [0.15, 0.2) is 5.78 Å². The second kappa shape index (κ2) is 6.35. The molecule has 102 valence electrons. The third kappa shape index (κ3) is 3.25. The SMILES string of the molecule is Cc1c(Cl)cccc1C(=O)NCC(=O)c1ccccc1. The van der Waals surface area contributed by atoms with E-state index in [0.29, 0.717) is 21.7 Å². The highest BCUT2D eigenvalue weighted by Gasteiger charge is 2.12. The highest BCUT2D eigenvalue weighted by atomic mass is 35.5. The van der Waals surface area contributed by atoms with E-state index < -0.39 is 0 Å². The number of amides is 1. The van der Waals surface area contributed by atoms with Crippen LogP contribution < -0.4 is 5.32 Å². The topological polar surface area (TPSA) is 46.2 Å². The molecule has 4 heteroatoms. The molecule has 0 aliphatic carbocycles. The summed E-state index contributed by atoms with van der Waals surface area (Å²) in [6.45, 7) is 1.74. The van der Waals surface area contributed by atoms with E-state index >= 15 is 0 Å². The zero-order valence-electron chi connectivity index (χ0n) is 11.0. The third-order valence-corrected chi connectivity index (χ3v) is 3.43. The Morgan fingerprint density at radius 3 is 2.45 bits per heavy atom. The van der Waals surface area contributed by atoms with Crippen LogP contribution in [0.5, 0.6) is 0 Å². The minimum Gasteiger partial charge on any atom is -0.345 e. The summed E-state index contributed by atoms with van der Waals surface area (Å²) in [4.78, 5) is 23.9. The quantitative estimate of drug-likeness (QED) is 0.877. The van der Waals surface area contributed by atoms with Gasteiger partial charge in [-0.1, -0.05) is 48.0 Å². The molecule has 2 aromatic carbocycles. The molecule has 0 radical (unpaired) electrons. The Balaban J connectivity index is 2.03. The Morgan fingerprint density at radius 1 is 1.05 bits per heavy atom. The molecule has 1 N–H and O–H groups in total. The summed E-state index contributed by atoms with van der Waals surface area (Å²) in [6.07, 6.45) is 0. The van der Waals surface area contributed by atoms with Crippen molar-refractivity contribution in [1.82, 2.24) is 5.32 Å². The number of Topliss-reactive ketones (excluding diaryl/α,β-unsaturated/α-hetero) is 1. The van der Waals surface area contributed by atoms with Crippen molar-refractivity contribution in [3.8, 4) is 0 Å².